The zero-order valence-corrected chi connectivity index (χ0v) is 14.0. The molecular weight excluding hydrogens is 376 g/mol. The topological polar surface area (TPSA) is 117 Å². The van der Waals surface area contributed by atoms with Gasteiger partial charge in [0.1, 0.15) is 25.0 Å². The van der Waals surface area contributed by atoms with Crippen LogP contribution >= 0.6 is 15.9 Å². The lowest BCUT2D eigenvalue weighted by molar-refractivity contribution is -0.155. The Hall–Kier alpha value is -1.94. The molecule has 0 spiro atoms. The first-order valence-corrected chi connectivity index (χ1v) is 7.54. The Labute approximate surface area is 138 Å². The maximum atomic E-state index is 11.9. The smallest absolute Gasteiger partial charge is 0.330 e. The van der Waals surface area contributed by atoms with Crippen LogP contribution in [0.25, 0.3) is 0 Å². The Bertz CT molecular complexity index is 726. The van der Waals surface area contributed by atoms with E-state index in [9.17, 15) is 19.2 Å². The maximum Gasteiger partial charge on any atom is 0.330 e. The molecule has 0 aliphatic carbocycles. The number of rotatable bonds is 4. The van der Waals surface area contributed by atoms with Gasteiger partial charge in [-0.2, -0.15) is 0 Å². The number of hydrogen-bond donors (Lipinski definition) is 1. The molecule has 0 amide bonds. The van der Waals surface area contributed by atoms with Crippen molar-refractivity contribution in [2.75, 3.05) is 6.61 Å². The molecule has 0 radical (unpaired) electrons. The van der Waals surface area contributed by atoms with Gasteiger partial charge in [-0.3, -0.25) is 23.9 Å². The van der Waals surface area contributed by atoms with Gasteiger partial charge in [-0.15, -0.1) is 0 Å². The molecule has 2 rings (SSSR count). The molecule has 1 aliphatic heterocycles. The first-order chi connectivity index (χ1) is 10.8. The summed E-state index contributed by atoms with van der Waals surface area (Å²) in [5.74, 6) is -1.01. The average Bonchev–Trinajstić information content (AvgIpc) is 2.82. The second-order valence-electron chi connectivity index (χ2n) is 4.96. The summed E-state index contributed by atoms with van der Waals surface area (Å²) in [4.78, 5) is 47.5. The average molecular weight is 391 g/mol. The van der Waals surface area contributed by atoms with Crippen LogP contribution in [0.4, 0.5) is 0 Å². The lowest BCUT2D eigenvalue weighted by Crippen LogP contribution is -2.33. The fourth-order valence-electron chi connectivity index (χ4n) is 2.23. The number of nitrogens with zero attached hydrogens (tertiary/aromatic N) is 1. The van der Waals surface area contributed by atoms with Crippen LogP contribution in [0.1, 0.15) is 26.5 Å². The minimum absolute atomic E-state index is 0.108. The van der Waals surface area contributed by atoms with Crippen molar-refractivity contribution in [1.29, 1.82) is 0 Å². The van der Waals surface area contributed by atoms with Gasteiger partial charge in [-0.1, -0.05) is 0 Å². The highest BCUT2D eigenvalue weighted by atomic mass is 79.9. The molecule has 1 aromatic heterocycles. The third-order valence-electron chi connectivity index (χ3n) is 3.18. The van der Waals surface area contributed by atoms with Crippen LogP contribution in [-0.4, -0.2) is 40.3 Å². The molecule has 0 bridgehead atoms. The zero-order valence-electron chi connectivity index (χ0n) is 12.4. The molecule has 1 aromatic rings. The van der Waals surface area contributed by atoms with Gasteiger partial charge in [-0.25, -0.2) is 4.79 Å². The standard InChI is InChI=1S/C13H15BrN2O7/c1-6(17)21-5-10-9(22-7(2)18)3-11(23-10)16-4-8(14)12(19)15-13(16)20/h4,9-11H,3,5H2,1-2H3,(H,15,19,20). The molecule has 126 valence electrons. The number of nitrogens with one attached hydrogen (secondary N) is 1. The largest absolute Gasteiger partial charge is 0.463 e. The lowest BCUT2D eigenvalue weighted by atomic mass is 10.2. The van der Waals surface area contributed by atoms with Crippen LogP contribution in [0.3, 0.4) is 0 Å². The van der Waals surface area contributed by atoms with Crippen molar-refractivity contribution in [1.82, 2.24) is 9.55 Å². The number of ether oxygens (including phenoxy) is 3. The molecule has 0 saturated carbocycles. The van der Waals surface area contributed by atoms with E-state index in [0.717, 1.165) is 0 Å². The molecule has 0 aromatic carbocycles. The quantitative estimate of drug-likeness (QED) is 0.723. The fraction of sp³-hybridized carbons (Fsp3) is 0.538. The number of esters is 2. The van der Waals surface area contributed by atoms with Crippen LogP contribution in [0.5, 0.6) is 0 Å². The van der Waals surface area contributed by atoms with E-state index in [1.807, 2.05) is 0 Å². The number of carbonyl (C=O) groups is 2. The van der Waals surface area contributed by atoms with Gasteiger partial charge in [-0.05, 0) is 15.9 Å². The highest BCUT2D eigenvalue weighted by Gasteiger charge is 2.39. The number of H-pyrrole nitrogens is 1. The van der Waals surface area contributed by atoms with E-state index in [1.54, 1.807) is 0 Å². The van der Waals surface area contributed by atoms with E-state index < -0.39 is 41.6 Å². The number of halogens is 1. The summed E-state index contributed by atoms with van der Waals surface area (Å²) in [6, 6.07) is 0. The Morgan fingerprint density at radius 3 is 2.70 bits per heavy atom. The van der Waals surface area contributed by atoms with Crippen molar-refractivity contribution < 1.29 is 23.8 Å². The van der Waals surface area contributed by atoms with Gasteiger partial charge < -0.3 is 14.2 Å². The summed E-state index contributed by atoms with van der Waals surface area (Å²) in [5, 5.41) is 0. The number of hydrogen-bond acceptors (Lipinski definition) is 7. The summed E-state index contributed by atoms with van der Waals surface area (Å²) in [6.07, 6.45) is -0.658. The third-order valence-corrected chi connectivity index (χ3v) is 3.75. The number of aromatic amines is 1. The molecule has 1 fully saturated rings. The van der Waals surface area contributed by atoms with Gasteiger partial charge >= 0.3 is 17.6 Å². The summed E-state index contributed by atoms with van der Waals surface area (Å²) in [7, 11) is 0. The van der Waals surface area contributed by atoms with Crippen LogP contribution in [0.15, 0.2) is 20.3 Å². The predicted molar refractivity (Wildman–Crippen MR) is 79.7 cm³/mol. The zero-order chi connectivity index (χ0) is 17.1. The van der Waals surface area contributed by atoms with Crippen molar-refractivity contribution in [3.8, 4) is 0 Å². The van der Waals surface area contributed by atoms with E-state index in [-0.39, 0.29) is 17.5 Å². The normalized spacial score (nSPS) is 23.5. The molecule has 3 unspecified atom stereocenters. The molecule has 23 heavy (non-hydrogen) atoms. The van der Waals surface area contributed by atoms with Gasteiger partial charge in [0.15, 0.2) is 0 Å². The molecule has 2 heterocycles. The second-order valence-corrected chi connectivity index (χ2v) is 5.81. The lowest BCUT2D eigenvalue weighted by Gasteiger charge is -2.17. The molecule has 3 atom stereocenters. The van der Waals surface area contributed by atoms with Gasteiger partial charge in [0.25, 0.3) is 5.56 Å². The minimum atomic E-state index is -0.763. The SMILES string of the molecule is CC(=O)OCC1OC(n2cc(Br)c(=O)[nH]c2=O)CC1OC(C)=O. The van der Waals surface area contributed by atoms with E-state index in [2.05, 4.69) is 20.9 Å². The maximum absolute atomic E-state index is 11.9. The van der Waals surface area contributed by atoms with E-state index in [1.165, 1.54) is 24.6 Å². The molecule has 9 nitrogen and oxygen atoms in total. The summed E-state index contributed by atoms with van der Waals surface area (Å²) < 4.78 is 17.0. The molecule has 10 heteroatoms. The van der Waals surface area contributed by atoms with Gasteiger partial charge in [0.2, 0.25) is 0 Å². The van der Waals surface area contributed by atoms with Crippen LogP contribution in [0, 0.1) is 0 Å². The third kappa shape index (κ3) is 4.29. The number of carbonyl (C=O) groups excluding carboxylic acids is 2. The Balaban J connectivity index is 2.23. The highest BCUT2D eigenvalue weighted by Crippen LogP contribution is 2.30. The van der Waals surface area contributed by atoms with Crippen LogP contribution < -0.4 is 11.2 Å². The molecule has 1 N–H and O–H groups in total. The Morgan fingerprint density at radius 1 is 1.39 bits per heavy atom. The van der Waals surface area contributed by atoms with Gasteiger partial charge in [0.05, 0.1) is 4.47 Å². The van der Waals surface area contributed by atoms with Crippen LogP contribution in [-0.2, 0) is 23.8 Å². The monoisotopic (exact) mass is 390 g/mol. The molecule has 1 aliphatic rings. The van der Waals surface area contributed by atoms with Crippen molar-refractivity contribution in [3.05, 3.63) is 31.5 Å². The van der Waals surface area contributed by atoms with Crippen molar-refractivity contribution >= 4 is 27.9 Å². The van der Waals surface area contributed by atoms with E-state index in [4.69, 9.17) is 14.2 Å². The van der Waals surface area contributed by atoms with Crippen molar-refractivity contribution in [2.24, 2.45) is 0 Å². The van der Waals surface area contributed by atoms with Gasteiger partial charge in [0, 0.05) is 26.5 Å². The van der Waals surface area contributed by atoms with Crippen molar-refractivity contribution in [3.63, 3.8) is 0 Å². The Kier molecular flexibility index (Phi) is 5.37. The van der Waals surface area contributed by atoms with Crippen LogP contribution in [0.2, 0.25) is 0 Å². The highest BCUT2D eigenvalue weighted by molar-refractivity contribution is 9.10. The first-order valence-electron chi connectivity index (χ1n) is 6.75. The summed E-state index contributed by atoms with van der Waals surface area (Å²) in [5.41, 5.74) is -1.21. The first kappa shape index (κ1) is 17.4. The fourth-order valence-corrected chi connectivity index (χ4v) is 2.55. The Morgan fingerprint density at radius 2 is 2.09 bits per heavy atom. The van der Waals surface area contributed by atoms with E-state index in [0.29, 0.717) is 0 Å². The summed E-state index contributed by atoms with van der Waals surface area (Å²) >= 11 is 3.03. The molecular formula is C13H15BrN2O7. The number of aromatic nitrogens is 2. The predicted octanol–water partition coefficient (Wildman–Crippen LogP) is 0.0814. The van der Waals surface area contributed by atoms with Crippen molar-refractivity contribution in [2.45, 2.75) is 38.7 Å². The van der Waals surface area contributed by atoms with E-state index >= 15 is 0 Å². The minimum Gasteiger partial charge on any atom is -0.463 e. The summed E-state index contributed by atoms with van der Waals surface area (Å²) in [6.45, 7) is 2.39. The second kappa shape index (κ2) is 7.09. The molecule has 1 saturated heterocycles.